The van der Waals surface area contributed by atoms with Gasteiger partial charge in [0.15, 0.2) is 5.78 Å². The van der Waals surface area contributed by atoms with Gasteiger partial charge in [-0.05, 0) is 54.7 Å². The van der Waals surface area contributed by atoms with Crippen LogP contribution >= 0.6 is 10.8 Å². The Morgan fingerprint density at radius 2 is 1.59 bits per heavy atom. The van der Waals surface area contributed by atoms with E-state index in [2.05, 4.69) is 0 Å². The van der Waals surface area contributed by atoms with Crippen LogP contribution < -0.4 is 0 Å². The molecule has 0 bridgehead atoms. The summed E-state index contributed by atoms with van der Waals surface area (Å²) in [6.45, 7) is 1.17. The number of halogens is 1. The van der Waals surface area contributed by atoms with Gasteiger partial charge in [0.25, 0.3) is 0 Å². The third-order valence-electron chi connectivity index (χ3n) is 5.59. The second-order valence-corrected chi connectivity index (χ2v) is 11.8. The molecule has 1 heterocycles. The van der Waals surface area contributed by atoms with Crippen LogP contribution in [0.3, 0.4) is 0 Å². The molecule has 1 saturated heterocycles. The average molecular weight is 434 g/mol. The van der Waals surface area contributed by atoms with Crippen LogP contribution in [0.4, 0.5) is 4.39 Å². The molecule has 1 atom stereocenters. The molecule has 0 radical (unpaired) electrons. The number of rotatable bonds is 7. The molecule has 4 rings (SSSR count). The highest BCUT2D eigenvalue weighted by atomic mass is 33.1. The number of Topliss-reactive ketones (excluding diaryl/α,β-unsaturated/α-hetero) is 1. The zero-order chi connectivity index (χ0) is 20.4. The van der Waals surface area contributed by atoms with Crippen molar-refractivity contribution < 1.29 is 17.6 Å². The zero-order valence-electron chi connectivity index (χ0n) is 16.0. The molecule has 2 aromatic carbocycles. The lowest BCUT2D eigenvalue weighted by Crippen LogP contribution is -2.42. The van der Waals surface area contributed by atoms with Gasteiger partial charge in [0.2, 0.25) is 8.87 Å². The molecule has 1 unspecified atom stereocenters. The number of likely N-dealkylation sites (tertiary alicyclic amines) is 1. The number of benzene rings is 2. The highest BCUT2D eigenvalue weighted by Gasteiger charge is 2.40. The first-order valence-corrected chi connectivity index (χ1v) is 12.8. The van der Waals surface area contributed by atoms with Crippen molar-refractivity contribution in [3.05, 3.63) is 66.0 Å². The van der Waals surface area contributed by atoms with Crippen LogP contribution in [0, 0.1) is 11.7 Å². The van der Waals surface area contributed by atoms with Crippen molar-refractivity contribution in [3.63, 3.8) is 0 Å². The van der Waals surface area contributed by atoms with E-state index in [0.717, 1.165) is 23.6 Å². The summed E-state index contributed by atoms with van der Waals surface area (Å²) < 4.78 is 39.7. The minimum atomic E-state index is -3.41. The van der Waals surface area contributed by atoms with Crippen LogP contribution in [0.5, 0.6) is 0 Å². The fraction of sp³-hybridized carbons (Fsp3) is 0.409. The summed E-state index contributed by atoms with van der Waals surface area (Å²) >= 11 is 0. The summed E-state index contributed by atoms with van der Waals surface area (Å²) in [7, 11) is -2.40. The fourth-order valence-electron chi connectivity index (χ4n) is 3.87. The van der Waals surface area contributed by atoms with Gasteiger partial charge in [-0.25, -0.2) is 12.8 Å². The van der Waals surface area contributed by atoms with Gasteiger partial charge in [0.1, 0.15) is 5.82 Å². The van der Waals surface area contributed by atoms with Crippen molar-refractivity contribution in [2.45, 2.75) is 41.9 Å². The van der Waals surface area contributed by atoms with Crippen LogP contribution in [0.15, 0.2) is 59.5 Å². The predicted molar refractivity (Wildman–Crippen MR) is 113 cm³/mol. The van der Waals surface area contributed by atoms with Gasteiger partial charge in [-0.1, -0.05) is 36.4 Å². The van der Waals surface area contributed by atoms with Gasteiger partial charge in [0, 0.05) is 29.8 Å². The Morgan fingerprint density at radius 1 is 0.966 bits per heavy atom. The maximum absolute atomic E-state index is 14.5. The fourth-order valence-corrected chi connectivity index (χ4v) is 7.55. The van der Waals surface area contributed by atoms with Gasteiger partial charge in [-0.2, -0.15) is 0 Å². The first kappa shape index (κ1) is 20.6. The van der Waals surface area contributed by atoms with Gasteiger partial charge < -0.3 is 0 Å². The quantitative estimate of drug-likeness (QED) is 0.605. The molecule has 4 nitrogen and oxygen atoms in total. The number of nitrogens with zero attached hydrogens (tertiary/aromatic N) is 1. The molecule has 2 fully saturated rings. The molecule has 2 aliphatic rings. The highest BCUT2D eigenvalue weighted by Crippen LogP contribution is 2.40. The predicted octanol–water partition coefficient (Wildman–Crippen LogP) is 4.43. The van der Waals surface area contributed by atoms with Gasteiger partial charge >= 0.3 is 0 Å². The molecular weight excluding hydrogens is 409 g/mol. The third-order valence-corrected chi connectivity index (χ3v) is 9.59. The largest absolute Gasteiger partial charge is 0.297 e. The van der Waals surface area contributed by atoms with Gasteiger partial charge in [-0.3, -0.25) is 9.69 Å². The Hall–Kier alpha value is -1.70. The van der Waals surface area contributed by atoms with Crippen LogP contribution in [-0.4, -0.2) is 37.4 Å². The molecule has 154 valence electrons. The Bertz CT molecular complexity index is 969. The molecule has 7 heteroatoms. The Balaban J connectivity index is 1.46. The molecule has 0 N–H and O–H groups in total. The summed E-state index contributed by atoms with van der Waals surface area (Å²) in [5.41, 5.74) is 0.437. The van der Waals surface area contributed by atoms with E-state index in [9.17, 15) is 17.6 Å². The minimum absolute atomic E-state index is 0.0326. The first-order valence-electron chi connectivity index (χ1n) is 9.96. The van der Waals surface area contributed by atoms with Crippen molar-refractivity contribution in [1.29, 1.82) is 0 Å². The second kappa shape index (κ2) is 8.58. The maximum Gasteiger partial charge on any atom is 0.230 e. The Morgan fingerprint density at radius 3 is 2.21 bits per heavy atom. The molecular formula is C22H24FNO3S2. The minimum Gasteiger partial charge on any atom is -0.297 e. The standard InChI is InChI=1S/C22H24FNO3S2/c23-20-9-5-4-8-19(20)21(22(25)16-10-11-16)24-14-12-17(13-15-24)28-29(26,27)18-6-2-1-3-7-18/h1-9,16-17,21H,10-15H2. The summed E-state index contributed by atoms with van der Waals surface area (Å²) in [4.78, 5) is 15.3. The summed E-state index contributed by atoms with van der Waals surface area (Å²) in [6, 6.07) is 14.4. The van der Waals surface area contributed by atoms with E-state index in [4.69, 9.17) is 0 Å². The highest BCUT2D eigenvalue weighted by molar-refractivity contribution is 8.72. The molecule has 0 amide bonds. The first-order chi connectivity index (χ1) is 14.0. The smallest absolute Gasteiger partial charge is 0.230 e. The van der Waals surface area contributed by atoms with Crippen molar-refractivity contribution in [2.24, 2.45) is 5.92 Å². The Labute approximate surface area is 174 Å². The summed E-state index contributed by atoms with van der Waals surface area (Å²) in [5.74, 6) is -0.224. The molecule has 1 saturated carbocycles. The van der Waals surface area contributed by atoms with Gasteiger partial charge in [-0.15, -0.1) is 0 Å². The molecule has 1 aliphatic heterocycles. The molecule has 29 heavy (non-hydrogen) atoms. The van der Waals surface area contributed by atoms with Crippen LogP contribution in [0.25, 0.3) is 0 Å². The van der Waals surface area contributed by atoms with E-state index in [1.54, 1.807) is 48.5 Å². The van der Waals surface area contributed by atoms with E-state index >= 15 is 0 Å². The monoisotopic (exact) mass is 433 g/mol. The zero-order valence-corrected chi connectivity index (χ0v) is 17.7. The molecule has 1 aliphatic carbocycles. The summed E-state index contributed by atoms with van der Waals surface area (Å²) in [5, 5.41) is -0.0336. The van der Waals surface area contributed by atoms with Crippen LogP contribution in [0.2, 0.25) is 0 Å². The maximum atomic E-state index is 14.5. The molecule has 2 aromatic rings. The van der Waals surface area contributed by atoms with Crippen LogP contribution in [0.1, 0.15) is 37.3 Å². The van der Waals surface area contributed by atoms with Crippen molar-refractivity contribution in [1.82, 2.24) is 4.90 Å². The van der Waals surface area contributed by atoms with E-state index in [-0.39, 0.29) is 22.8 Å². The number of hydrogen-bond donors (Lipinski definition) is 0. The number of piperidine rings is 1. The van der Waals surface area contributed by atoms with Crippen molar-refractivity contribution in [3.8, 4) is 0 Å². The lowest BCUT2D eigenvalue weighted by molar-refractivity contribution is -0.126. The number of hydrogen-bond acceptors (Lipinski definition) is 5. The Kier molecular flexibility index (Phi) is 6.08. The topological polar surface area (TPSA) is 54.5 Å². The van der Waals surface area contributed by atoms with E-state index in [0.29, 0.717) is 36.4 Å². The molecule has 0 aromatic heterocycles. The molecule has 0 spiro atoms. The third kappa shape index (κ3) is 4.73. The normalized spacial score (nSPS) is 19.8. The van der Waals surface area contributed by atoms with Crippen molar-refractivity contribution in [2.75, 3.05) is 13.1 Å². The number of ketones is 1. The SMILES string of the molecule is O=C(C1CC1)C(c1ccccc1F)N1CCC(SS(=O)(=O)c2ccccc2)CC1. The van der Waals surface area contributed by atoms with Crippen LogP contribution in [-0.2, 0) is 13.7 Å². The average Bonchev–Trinajstić information content (AvgIpc) is 3.57. The number of carbonyl (C=O) groups is 1. The number of carbonyl (C=O) groups excluding carboxylic acids is 1. The lowest BCUT2D eigenvalue weighted by Gasteiger charge is -2.36. The van der Waals surface area contributed by atoms with E-state index in [1.807, 2.05) is 4.90 Å². The summed E-state index contributed by atoms with van der Waals surface area (Å²) in [6.07, 6.45) is 3.07. The van der Waals surface area contributed by atoms with E-state index < -0.39 is 14.9 Å². The van der Waals surface area contributed by atoms with Crippen molar-refractivity contribution >= 4 is 25.4 Å². The lowest BCUT2D eigenvalue weighted by atomic mass is 9.95. The second-order valence-electron chi connectivity index (χ2n) is 7.70. The van der Waals surface area contributed by atoms with E-state index in [1.165, 1.54) is 6.07 Å². The van der Waals surface area contributed by atoms with Gasteiger partial charge in [0.05, 0.1) is 10.9 Å².